The maximum absolute atomic E-state index is 12.8. The van der Waals surface area contributed by atoms with Gasteiger partial charge in [0.1, 0.15) is 11.5 Å². The van der Waals surface area contributed by atoms with Gasteiger partial charge >= 0.3 is 6.18 Å². The summed E-state index contributed by atoms with van der Waals surface area (Å²) in [7, 11) is 0. The molecule has 4 rings (SSSR count). The number of pyridine rings is 2. The number of nitrogens with zero attached hydrogens (tertiary/aromatic N) is 5. The summed E-state index contributed by atoms with van der Waals surface area (Å²) in [4.78, 5) is 12.8. The summed E-state index contributed by atoms with van der Waals surface area (Å²) < 4.78 is 40.6. The molecular weight excluding hydrogens is 415 g/mol. The lowest BCUT2D eigenvalue weighted by Gasteiger charge is -2.35. The Morgan fingerprint density at radius 3 is 2.57 bits per heavy atom. The van der Waals surface area contributed by atoms with Gasteiger partial charge in [-0.3, -0.25) is 4.90 Å². The Kier molecular flexibility index (Phi) is 5.88. The average molecular weight is 438 g/mol. The minimum absolute atomic E-state index is 0.0423. The molecule has 0 spiro atoms. The number of alkyl halides is 3. The number of rotatable bonds is 5. The van der Waals surface area contributed by atoms with E-state index in [1.807, 2.05) is 17.2 Å². The van der Waals surface area contributed by atoms with Crippen molar-refractivity contribution >= 4 is 28.5 Å². The monoisotopic (exact) mass is 437 g/mol. The molecule has 0 bridgehead atoms. The Morgan fingerprint density at radius 1 is 1.10 bits per heavy atom. The molecule has 1 aliphatic rings. The van der Waals surface area contributed by atoms with Crippen LogP contribution in [-0.4, -0.2) is 52.2 Å². The van der Waals surface area contributed by atoms with Crippen LogP contribution in [0.25, 0.3) is 11.0 Å². The number of aryl methyl sites for hydroxylation is 2. The molecule has 9 heteroatoms. The third-order valence-corrected chi connectivity index (χ3v) is 5.81. The van der Waals surface area contributed by atoms with Crippen molar-refractivity contribution in [1.29, 1.82) is 0 Å². The zero-order valence-corrected chi connectivity index (χ0v) is 17.4. The second-order valence-corrected chi connectivity index (χ2v) is 8.00. The molecule has 1 saturated heterocycles. The van der Waals surface area contributed by atoms with E-state index in [2.05, 4.69) is 38.6 Å². The van der Waals surface area contributed by atoms with Crippen molar-refractivity contribution in [1.82, 2.24) is 19.4 Å². The van der Waals surface area contributed by atoms with Crippen LogP contribution in [0.2, 0.25) is 5.02 Å². The van der Waals surface area contributed by atoms with Crippen LogP contribution in [0.1, 0.15) is 17.5 Å². The normalized spacial score (nSPS) is 15.8. The molecular formula is C21H23ClF3N5. The summed E-state index contributed by atoms with van der Waals surface area (Å²) in [6.45, 7) is 6.96. The summed E-state index contributed by atoms with van der Waals surface area (Å²) in [6.07, 6.45) is 1.38. The molecule has 0 radical (unpaired) electrons. The predicted octanol–water partition coefficient (Wildman–Crippen LogP) is 4.62. The third kappa shape index (κ3) is 4.39. The highest BCUT2D eigenvalue weighted by molar-refractivity contribution is 6.33. The van der Waals surface area contributed by atoms with Crippen LogP contribution in [0.4, 0.5) is 19.0 Å². The Morgan fingerprint density at radius 2 is 1.87 bits per heavy atom. The van der Waals surface area contributed by atoms with Gasteiger partial charge in [-0.05, 0) is 43.7 Å². The molecule has 0 atom stereocenters. The zero-order valence-electron chi connectivity index (χ0n) is 16.7. The van der Waals surface area contributed by atoms with E-state index in [0.717, 1.165) is 50.5 Å². The van der Waals surface area contributed by atoms with E-state index >= 15 is 0 Å². The molecule has 1 aliphatic heterocycles. The third-order valence-electron chi connectivity index (χ3n) is 5.53. The first-order valence-electron chi connectivity index (χ1n) is 9.93. The van der Waals surface area contributed by atoms with Crippen LogP contribution in [0.5, 0.6) is 0 Å². The van der Waals surface area contributed by atoms with Gasteiger partial charge in [0.2, 0.25) is 0 Å². The summed E-state index contributed by atoms with van der Waals surface area (Å²) in [5.41, 5.74) is 1.42. The van der Waals surface area contributed by atoms with Crippen LogP contribution in [0.15, 0.2) is 36.8 Å². The van der Waals surface area contributed by atoms with Crippen molar-refractivity contribution in [2.75, 3.05) is 37.6 Å². The van der Waals surface area contributed by atoms with Gasteiger partial charge in [0.25, 0.3) is 0 Å². The van der Waals surface area contributed by atoms with Crippen molar-refractivity contribution in [3.05, 3.63) is 52.9 Å². The molecule has 0 unspecified atom stereocenters. The molecule has 0 saturated carbocycles. The van der Waals surface area contributed by atoms with E-state index in [1.165, 1.54) is 10.9 Å². The van der Waals surface area contributed by atoms with E-state index in [4.69, 9.17) is 11.6 Å². The summed E-state index contributed by atoms with van der Waals surface area (Å²) in [5.74, 6) is 0.421. The Labute approximate surface area is 178 Å². The van der Waals surface area contributed by atoms with Crippen LogP contribution >= 0.6 is 11.6 Å². The lowest BCUT2D eigenvalue weighted by Crippen LogP contribution is -2.47. The van der Waals surface area contributed by atoms with Gasteiger partial charge in [-0.15, -0.1) is 0 Å². The van der Waals surface area contributed by atoms with E-state index in [-0.39, 0.29) is 5.02 Å². The number of fused-ring (bicyclic) bond motifs is 1. The molecule has 160 valence electrons. The quantitative estimate of drug-likeness (QED) is 0.583. The maximum atomic E-state index is 12.8. The number of hydrogen-bond donors (Lipinski definition) is 0. The lowest BCUT2D eigenvalue weighted by atomic mass is 10.2. The molecule has 0 aliphatic carbocycles. The van der Waals surface area contributed by atoms with Gasteiger partial charge in [-0.1, -0.05) is 11.6 Å². The van der Waals surface area contributed by atoms with Crippen molar-refractivity contribution in [2.24, 2.45) is 0 Å². The fourth-order valence-corrected chi connectivity index (χ4v) is 4.22. The Balaban J connectivity index is 1.30. The summed E-state index contributed by atoms with van der Waals surface area (Å²) in [6, 6.07) is 5.00. The minimum atomic E-state index is -4.44. The molecule has 0 N–H and O–H groups in total. The molecule has 1 fully saturated rings. The second kappa shape index (κ2) is 8.43. The van der Waals surface area contributed by atoms with Gasteiger partial charge in [-0.2, -0.15) is 13.2 Å². The number of hydrogen-bond acceptors (Lipinski definition) is 4. The number of anilines is 1. The zero-order chi connectivity index (χ0) is 21.3. The fraction of sp³-hybridized carbons (Fsp3) is 0.429. The number of halogens is 4. The van der Waals surface area contributed by atoms with Crippen molar-refractivity contribution in [3.63, 3.8) is 0 Å². The second-order valence-electron chi connectivity index (χ2n) is 7.59. The molecule has 3 aromatic heterocycles. The lowest BCUT2D eigenvalue weighted by molar-refractivity contribution is -0.137. The first-order valence-corrected chi connectivity index (χ1v) is 10.3. The van der Waals surface area contributed by atoms with Crippen LogP contribution in [0, 0.1) is 6.92 Å². The first kappa shape index (κ1) is 20.9. The van der Waals surface area contributed by atoms with E-state index < -0.39 is 11.7 Å². The fourth-order valence-electron chi connectivity index (χ4n) is 3.93. The van der Waals surface area contributed by atoms with Gasteiger partial charge in [0.15, 0.2) is 0 Å². The largest absolute Gasteiger partial charge is 0.417 e. The van der Waals surface area contributed by atoms with Gasteiger partial charge in [-0.25, -0.2) is 9.97 Å². The van der Waals surface area contributed by atoms with Crippen LogP contribution in [0.3, 0.4) is 0 Å². The molecule has 0 aromatic carbocycles. The number of aromatic nitrogens is 3. The van der Waals surface area contributed by atoms with E-state index in [0.29, 0.717) is 18.9 Å². The Bertz CT molecular complexity index is 1030. The van der Waals surface area contributed by atoms with Gasteiger partial charge < -0.3 is 9.47 Å². The maximum Gasteiger partial charge on any atom is 0.417 e. The number of piperazine rings is 1. The molecule has 5 nitrogen and oxygen atoms in total. The molecule has 30 heavy (non-hydrogen) atoms. The summed E-state index contributed by atoms with van der Waals surface area (Å²) >= 11 is 6.08. The highest BCUT2D eigenvalue weighted by Crippen LogP contribution is 2.33. The highest BCUT2D eigenvalue weighted by Gasteiger charge is 2.32. The highest BCUT2D eigenvalue weighted by atomic mass is 35.5. The van der Waals surface area contributed by atoms with E-state index in [9.17, 15) is 13.2 Å². The van der Waals surface area contributed by atoms with Crippen LogP contribution < -0.4 is 4.90 Å². The average Bonchev–Trinajstić information content (AvgIpc) is 3.04. The molecule has 0 amide bonds. The van der Waals surface area contributed by atoms with E-state index in [1.54, 1.807) is 0 Å². The van der Waals surface area contributed by atoms with Crippen LogP contribution in [-0.2, 0) is 12.7 Å². The smallest absolute Gasteiger partial charge is 0.353 e. The van der Waals surface area contributed by atoms with Crippen molar-refractivity contribution < 1.29 is 13.2 Å². The topological polar surface area (TPSA) is 37.2 Å². The predicted molar refractivity (Wildman–Crippen MR) is 112 cm³/mol. The standard InChI is InChI=1S/C21H23ClF3N5/c1-15-14-30(19-17(15)4-2-5-26-19)7-3-6-28-8-10-29(11-9-28)20-18(22)12-16(13-27-20)21(23,24)25/h2,4-5,12-14H,3,6-11H2,1H3. The molecule has 3 aromatic rings. The van der Waals surface area contributed by atoms with Gasteiger partial charge in [0, 0.05) is 56.7 Å². The minimum Gasteiger partial charge on any atom is -0.353 e. The van der Waals surface area contributed by atoms with Gasteiger partial charge in [0.05, 0.1) is 10.6 Å². The van der Waals surface area contributed by atoms with Crippen molar-refractivity contribution in [3.8, 4) is 0 Å². The SMILES string of the molecule is Cc1cn(CCCN2CCN(c3ncc(C(F)(F)F)cc3Cl)CC2)c2ncccc12. The Hall–Kier alpha value is -2.32. The van der Waals surface area contributed by atoms with Crippen molar-refractivity contribution in [2.45, 2.75) is 26.1 Å². The first-order chi connectivity index (χ1) is 14.3. The molecule has 4 heterocycles. The summed E-state index contributed by atoms with van der Waals surface area (Å²) in [5, 5.41) is 1.23.